The minimum absolute atomic E-state index is 0.0481. The van der Waals surface area contributed by atoms with Gasteiger partial charge in [0.05, 0.1) is 5.56 Å². The van der Waals surface area contributed by atoms with Gasteiger partial charge in [-0.3, -0.25) is 4.79 Å². The molecule has 1 unspecified atom stereocenters. The molecule has 0 bridgehead atoms. The first kappa shape index (κ1) is 19.2. The zero-order valence-electron chi connectivity index (χ0n) is 17.2. The van der Waals surface area contributed by atoms with E-state index >= 15 is 0 Å². The number of aromatic nitrogens is 4. The summed E-state index contributed by atoms with van der Waals surface area (Å²) in [5, 5.41) is 3.35. The molecule has 4 aromatic rings. The van der Waals surface area contributed by atoms with Gasteiger partial charge in [0.15, 0.2) is 11.4 Å². The molecule has 1 aliphatic rings. The van der Waals surface area contributed by atoms with Crippen molar-refractivity contribution in [1.29, 1.82) is 0 Å². The van der Waals surface area contributed by atoms with Crippen LogP contribution in [0.25, 0.3) is 22.5 Å². The van der Waals surface area contributed by atoms with E-state index in [0.29, 0.717) is 36.2 Å². The number of hydrogen-bond donors (Lipinski definition) is 1. The number of para-hydroxylation sites is 2. The van der Waals surface area contributed by atoms with E-state index in [1.807, 2.05) is 48.2 Å². The SMILES string of the molecule is Cc1ccc(-c2ncccn2)c(C(=O)N2CCCC(Nc3nc4ccccc4o3)C2)n1. The monoisotopic (exact) mass is 414 g/mol. The maximum Gasteiger partial charge on any atom is 0.295 e. The molecule has 1 aliphatic heterocycles. The molecule has 0 aliphatic carbocycles. The average molecular weight is 414 g/mol. The highest BCUT2D eigenvalue weighted by molar-refractivity contribution is 5.98. The van der Waals surface area contributed by atoms with Crippen molar-refractivity contribution in [2.24, 2.45) is 0 Å². The molecule has 1 amide bonds. The van der Waals surface area contributed by atoms with Gasteiger partial charge in [-0.1, -0.05) is 12.1 Å². The lowest BCUT2D eigenvalue weighted by atomic mass is 10.0. The van der Waals surface area contributed by atoms with Crippen LogP contribution < -0.4 is 5.32 Å². The number of rotatable bonds is 4. The summed E-state index contributed by atoms with van der Waals surface area (Å²) in [6.45, 7) is 3.10. The van der Waals surface area contributed by atoms with Crippen molar-refractivity contribution in [3.63, 3.8) is 0 Å². The highest BCUT2D eigenvalue weighted by Gasteiger charge is 2.28. The lowest BCUT2D eigenvalue weighted by molar-refractivity contribution is 0.0708. The highest BCUT2D eigenvalue weighted by Crippen LogP contribution is 2.24. The average Bonchev–Trinajstić information content (AvgIpc) is 3.21. The number of piperidine rings is 1. The van der Waals surface area contributed by atoms with Crippen LogP contribution in [0.2, 0.25) is 0 Å². The molecule has 1 fully saturated rings. The number of nitrogens with one attached hydrogen (secondary N) is 1. The smallest absolute Gasteiger partial charge is 0.295 e. The van der Waals surface area contributed by atoms with Crippen LogP contribution in [-0.2, 0) is 0 Å². The fourth-order valence-electron chi connectivity index (χ4n) is 3.88. The third-order valence-corrected chi connectivity index (χ3v) is 5.37. The highest BCUT2D eigenvalue weighted by atomic mass is 16.4. The van der Waals surface area contributed by atoms with E-state index < -0.39 is 0 Å². The van der Waals surface area contributed by atoms with Gasteiger partial charge in [0.1, 0.15) is 11.2 Å². The topological polar surface area (TPSA) is 97.0 Å². The Bertz CT molecular complexity index is 1190. The first-order valence-corrected chi connectivity index (χ1v) is 10.3. The van der Waals surface area contributed by atoms with Gasteiger partial charge in [0, 0.05) is 37.2 Å². The zero-order chi connectivity index (χ0) is 21.2. The number of aryl methyl sites for hydroxylation is 1. The molecular formula is C23H22N6O2. The molecule has 8 nitrogen and oxygen atoms in total. The second-order valence-corrected chi connectivity index (χ2v) is 7.64. The van der Waals surface area contributed by atoms with Crippen molar-refractivity contribution in [2.75, 3.05) is 18.4 Å². The molecule has 4 heterocycles. The summed E-state index contributed by atoms with van der Waals surface area (Å²) in [4.78, 5) is 32.9. The Morgan fingerprint density at radius 1 is 1.10 bits per heavy atom. The zero-order valence-corrected chi connectivity index (χ0v) is 17.2. The Morgan fingerprint density at radius 2 is 1.94 bits per heavy atom. The van der Waals surface area contributed by atoms with Gasteiger partial charge in [-0.05, 0) is 50.1 Å². The Labute approximate surface area is 179 Å². The van der Waals surface area contributed by atoms with E-state index in [1.54, 1.807) is 18.5 Å². The van der Waals surface area contributed by atoms with Crippen molar-refractivity contribution in [3.8, 4) is 11.4 Å². The molecule has 1 N–H and O–H groups in total. The van der Waals surface area contributed by atoms with Crippen molar-refractivity contribution >= 4 is 23.0 Å². The van der Waals surface area contributed by atoms with Crippen LogP contribution in [-0.4, -0.2) is 49.9 Å². The Morgan fingerprint density at radius 3 is 2.77 bits per heavy atom. The maximum absolute atomic E-state index is 13.4. The quantitative estimate of drug-likeness (QED) is 0.544. The molecule has 0 spiro atoms. The van der Waals surface area contributed by atoms with Gasteiger partial charge in [-0.15, -0.1) is 0 Å². The fourth-order valence-corrected chi connectivity index (χ4v) is 3.88. The first-order valence-electron chi connectivity index (χ1n) is 10.3. The molecule has 0 radical (unpaired) electrons. The van der Waals surface area contributed by atoms with Crippen LogP contribution in [0.4, 0.5) is 6.01 Å². The maximum atomic E-state index is 13.4. The van der Waals surface area contributed by atoms with Gasteiger partial charge >= 0.3 is 0 Å². The van der Waals surface area contributed by atoms with Crippen LogP contribution in [0.5, 0.6) is 0 Å². The summed E-state index contributed by atoms with van der Waals surface area (Å²) < 4.78 is 5.79. The van der Waals surface area contributed by atoms with E-state index in [4.69, 9.17) is 4.42 Å². The molecule has 1 saturated heterocycles. The number of pyridine rings is 1. The summed E-state index contributed by atoms with van der Waals surface area (Å²) >= 11 is 0. The summed E-state index contributed by atoms with van der Waals surface area (Å²) in [6.07, 6.45) is 5.14. The Hall–Kier alpha value is -3.81. The second-order valence-electron chi connectivity index (χ2n) is 7.64. The number of carbonyl (C=O) groups is 1. The van der Waals surface area contributed by atoms with E-state index in [9.17, 15) is 4.79 Å². The number of carbonyl (C=O) groups excluding carboxylic acids is 1. The fraction of sp³-hybridized carbons (Fsp3) is 0.261. The predicted octanol–water partition coefficient (Wildman–Crippen LogP) is 3.70. The number of amides is 1. The molecular weight excluding hydrogens is 392 g/mol. The third-order valence-electron chi connectivity index (χ3n) is 5.37. The van der Waals surface area contributed by atoms with Crippen LogP contribution in [0.15, 0.2) is 59.3 Å². The number of oxazole rings is 1. The van der Waals surface area contributed by atoms with E-state index in [0.717, 1.165) is 29.6 Å². The van der Waals surface area contributed by atoms with Crippen LogP contribution in [0, 0.1) is 6.92 Å². The minimum Gasteiger partial charge on any atom is -0.424 e. The first-order chi connectivity index (χ1) is 15.2. The van der Waals surface area contributed by atoms with Crippen molar-refractivity contribution < 1.29 is 9.21 Å². The molecule has 5 rings (SSSR count). The largest absolute Gasteiger partial charge is 0.424 e. The van der Waals surface area contributed by atoms with E-state index in [2.05, 4.69) is 25.3 Å². The number of hydrogen-bond acceptors (Lipinski definition) is 7. The standard InChI is InChI=1S/C23H22N6O2/c1-15-9-10-17(21-24-11-5-12-25-21)20(26-15)22(30)29-13-4-6-16(14-29)27-23-28-18-7-2-3-8-19(18)31-23/h2-3,5,7-12,16H,4,6,13-14H2,1H3,(H,27,28). The third kappa shape index (κ3) is 3.96. The summed E-state index contributed by atoms with van der Waals surface area (Å²) in [5.74, 6) is 0.381. The van der Waals surface area contributed by atoms with Crippen LogP contribution in [0.3, 0.4) is 0 Å². The lowest BCUT2D eigenvalue weighted by Gasteiger charge is -2.33. The normalized spacial score (nSPS) is 16.4. The van der Waals surface area contributed by atoms with Crippen LogP contribution >= 0.6 is 0 Å². The molecule has 1 atom stereocenters. The van der Waals surface area contributed by atoms with E-state index in [-0.39, 0.29) is 11.9 Å². The van der Waals surface area contributed by atoms with Crippen molar-refractivity contribution in [3.05, 3.63) is 66.2 Å². The van der Waals surface area contributed by atoms with Gasteiger partial charge < -0.3 is 14.6 Å². The molecule has 1 aromatic carbocycles. The lowest BCUT2D eigenvalue weighted by Crippen LogP contribution is -2.45. The summed E-state index contributed by atoms with van der Waals surface area (Å²) in [5.41, 5.74) is 3.36. The summed E-state index contributed by atoms with van der Waals surface area (Å²) in [7, 11) is 0. The predicted molar refractivity (Wildman–Crippen MR) is 117 cm³/mol. The number of anilines is 1. The summed E-state index contributed by atoms with van der Waals surface area (Å²) in [6, 6.07) is 13.7. The molecule has 3 aromatic heterocycles. The molecule has 0 saturated carbocycles. The number of fused-ring (bicyclic) bond motifs is 1. The van der Waals surface area contributed by atoms with Crippen molar-refractivity contribution in [1.82, 2.24) is 24.8 Å². The minimum atomic E-state index is -0.116. The number of benzene rings is 1. The molecule has 31 heavy (non-hydrogen) atoms. The van der Waals surface area contributed by atoms with Crippen molar-refractivity contribution in [2.45, 2.75) is 25.8 Å². The number of nitrogens with zero attached hydrogens (tertiary/aromatic N) is 5. The number of likely N-dealkylation sites (tertiary alicyclic amines) is 1. The van der Waals surface area contributed by atoms with Crippen LogP contribution in [0.1, 0.15) is 29.0 Å². The Balaban J connectivity index is 1.37. The molecule has 156 valence electrons. The van der Waals surface area contributed by atoms with Gasteiger partial charge in [0.25, 0.3) is 11.9 Å². The molecule has 8 heteroatoms. The van der Waals surface area contributed by atoms with Gasteiger partial charge in [-0.2, -0.15) is 4.98 Å². The Kier molecular flexibility index (Phi) is 5.03. The second kappa shape index (κ2) is 8.14. The van der Waals surface area contributed by atoms with E-state index in [1.165, 1.54) is 0 Å². The van der Waals surface area contributed by atoms with Gasteiger partial charge in [0.2, 0.25) is 0 Å². The van der Waals surface area contributed by atoms with Gasteiger partial charge in [-0.25, -0.2) is 15.0 Å².